The first-order valence-corrected chi connectivity index (χ1v) is 9.10. The fraction of sp³-hybridized carbons (Fsp3) is 0.476. The van der Waals surface area contributed by atoms with Crippen molar-refractivity contribution < 1.29 is 0 Å². The van der Waals surface area contributed by atoms with Crippen molar-refractivity contribution in [3.8, 4) is 0 Å². The lowest BCUT2D eigenvalue weighted by molar-refractivity contribution is 0.374. The summed E-state index contributed by atoms with van der Waals surface area (Å²) in [5.41, 5.74) is 5.19. The number of anilines is 1. The van der Waals surface area contributed by atoms with E-state index in [-0.39, 0.29) is 0 Å². The molecule has 1 aromatic heterocycles. The minimum atomic E-state index is 0.467. The van der Waals surface area contributed by atoms with Crippen molar-refractivity contribution in [2.24, 2.45) is 0 Å². The number of rotatable bonds is 5. The van der Waals surface area contributed by atoms with Gasteiger partial charge in [-0.3, -0.25) is 4.98 Å². The molecule has 1 saturated heterocycles. The topological polar surface area (TPSA) is 28.2 Å². The molecule has 24 heavy (non-hydrogen) atoms. The highest BCUT2D eigenvalue weighted by Gasteiger charge is 2.21. The molecule has 3 nitrogen and oxygen atoms in total. The lowest BCUT2D eigenvalue weighted by Gasteiger charge is -2.35. The van der Waals surface area contributed by atoms with Gasteiger partial charge in [0.05, 0.1) is 0 Å². The average molecular weight is 323 g/mol. The van der Waals surface area contributed by atoms with Gasteiger partial charge in [0.2, 0.25) is 0 Å². The Labute approximate surface area is 146 Å². The van der Waals surface area contributed by atoms with Gasteiger partial charge in [0.15, 0.2) is 0 Å². The highest BCUT2D eigenvalue weighted by molar-refractivity contribution is 5.47. The van der Waals surface area contributed by atoms with Crippen molar-refractivity contribution in [3.05, 3.63) is 59.4 Å². The van der Waals surface area contributed by atoms with Crippen LogP contribution in [0, 0.1) is 13.8 Å². The Kier molecular flexibility index (Phi) is 5.52. The molecule has 2 heterocycles. The van der Waals surface area contributed by atoms with E-state index in [1.54, 1.807) is 0 Å². The minimum Gasteiger partial charge on any atom is -0.371 e. The summed E-state index contributed by atoms with van der Waals surface area (Å²) in [5.74, 6) is 0. The van der Waals surface area contributed by atoms with Gasteiger partial charge in [0.1, 0.15) is 0 Å². The van der Waals surface area contributed by atoms with Gasteiger partial charge in [-0.15, -0.1) is 0 Å². The van der Waals surface area contributed by atoms with Crippen LogP contribution >= 0.6 is 0 Å². The number of aromatic nitrogens is 1. The quantitative estimate of drug-likeness (QED) is 0.905. The van der Waals surface area contributed by atoms with Crippen molar-refractivity contribution in [1.29, 1.82) is 0 Å². The molecular formula is C21H29N3. The minimum absolute atomic E-state index is 0.467. The Morgan fingerprint density at radius 3 is 2.50 bits per heavy atom. The van der Waals surface area contributed by atoms with Gasteiger partial charge < -0.3 is 10.2 Å². The predicted octanol–water partition coefficient (Wildman–Crippen LogP) is 3.89. The van der Waals surface area contributed by atoms with Crippen LogP contribution in [-0.2, 0) is 6.42 Å². The molecule has 0 aliphatic carbocycles. The number of nitrogens with zero attached hydrogens (tertiary/aromatic N) is 2. The number of hydrogen-bond acceptors (Lipinski definition) is 3. The molecule has 0 radical (unpaired) electrons. The number of pyridine rings is 1. The lowest BCUT2D eigenvalue weighted by Crippen LogP contribution is -2.46. The molecule has 0 spiro atoms. The Morgan fingerprint density at radius 1 is 1.12 bits per heavy atom. The molecule has 0 saturated carbocycles. The monoisotopic (exact) mass is 323 g/mol. The summed E-state index contributed by atoms with van der Waals surface area (Å²) in [6.45, 7) is 8.84. The normalized spacial score (nSPS) is 17.0. The largest absolute Gasteiger partial charge is 0.371 e. The lowest BCUT2D eigenvalue weighted by atomic mass is 10.0. The van der Waals surface area contributed by atoms with Gasteiger partial charge in [0, 0.05) is 49.2 Å². The van der Waals surface area contributed by atoms with Crippen LogP contribution < -0.4 is 10.2 Å². The second-order valence-corrected chi connectivity index (χ2v) is 7.14. The Morgan fingerprint density at radius 2 is 1.83 bits per heavy atom. The van der Waals surface area contributed by atoms with E-state index in [0.29, 0.717) is 12.1 Å². The summed E-state index contributed by atoms with van der Waals surface area (Å²) in [7, 11) is 0. The van der Waals surface area contributed by atoms with Gasteiger partial charge in [-0.1, -0.05) is 23.8 Å². The Hall–Kier alpha value is -1.87. The molecule has 1 aliphatic heterocycles. The molecule has 3 heteroatoms. The third-order valence-electron chi connectivity index (χ3n) is 5.03. The van der Waals surface area contributed by atoms with E-state index >= 15 is 0 Å². The molecule has 128 valence electrons. The van der Waals surface area contributed by atoms with Gasteiger partial charge in [-0.2, -0.15) is 0 Å². The summed E-state index contributed by atoms with van der Waals surface area (Å²) >= 11 is 0. The second kappa shape index (κ2) is 7.80. The molecule has 1 atom stereocenters. The zero-order valence-electron chi connectivity index (χ0n) is 15.1. The summed E-state index contributed by atoms with van der Waals surface area (Å²) in [6, 6.07) is 14.1. The van der Waals surface area contributed by atoms with Crippen LogP contribution in [0.2, 0.25) is 0 Å². The van der Waals surface area contributed by atoms with E-state index in [0.717, 1.165) is 19.5 Å². The molecule has 1 unspecified atom stereocenters. The Bertz CT molecular complexity index is 642. The number of piperidine rings is 1. The van der Waals surface area contributed by atoms with Crippen molar-refractivity contribution >= 4 is 5.69 Å². The zero-order chi connectivity index (χ0) is 16.9. The maximum absolute atomic E-state index is 4.52. The van der Waals surface area contributed by atoms with E-state index in [1.807, 2.05) is 12.3 Å². The van der Waals surface area contributed by atoms with Gasteiger partial charge in [-0.25, -0.2) is 0 Å². The number of benzene rings is 1. The molecule has 0 amide bonds. The molecule has 0 bridgehead atoms. The maximum atomic E-state index is 4.52. The van der Waals surface area contributed by atoms with E-state index in [1.165, 1.54) is 35.3 Å². The second-order valence-electron chi connectivity index (χ2n) is 7.14. The van der Waals surface area contributed by atoms with E-state index in [4.69, 9.17) is 0 Å². The van der Waals surface area contributed by atoms with E-state index in [2.05, 4.69) is 66.3 Å². The Balaban J connectivity index is 1.48. The summed E-state index contributed by atoms with van der Waals surface area (Å²) in [5, 5.41) is 3.81. The molecule has 1 N–H and O–H groups in total. The fourth-order valence-corrected chi connectivity index (χ4v) is 3.54. The summed E-state index contributed by atoms with van der Waals surface area (Å²) in [6.07, 6.45) is 5.32. The zero-order valence-corrected chi connectivity index (χ0v) is 15.1. The van der Waals surface area contributed by atoms with Crippen LogP contribution in [0.3, 0.4) is 0 Å². The first-order chi connectivity index (χ1) is 11.6. The smallest absolute Gasteiger partial charge is 0.0448 e. The molecule has 3 rings (SSSR count). The van der Waals surface area contributed by atoms with Crippen molar-refractivity contribution in [2.75, 3.05) is 18.0 Å². The van der Waals surface area contributed by atoms with Gasteiger partial charge in [0.25, 0.3) is 0 Å². The highest BCUT2D eigenvalue weighted by atomic mass is 15.1. The van der Waals surface area contributed by atoms with Crippen LogP contribution in [0.5, 0.6) is 0 Å². The SMILES string of the molecule is Cc1ccc(N2CCC(NC(C)Cc3ncccc3C)CC2)cc1. The standard InChI is InChI=1S/C21H29N3/c1-16-6-8-20(9-7-16)24-13-10-19(11-14-24)23-18(3)15-21-17(2)5-4-12-22-21/h4-9,12,18-19,23H,10-11,13-15H2,1-3H3. The predicted molar refractivity (Wildman–Crippen MR) is 102 cm³/mol. The third kappa shape index (κ3) is 4.35. The molecule has 1 aromatic carbocycles. The fourth-order valence-electron chi connectivity index (χ4n) is 3.54. The summed E-state index contributed by atoms with van der Waals surface area (Å²) in [4.78, 5) is 7.03. The van der Waals surface area contributed by atoms with Crippen LogP contribution in [-0.4, -0.2) is 30.2 Å². The number of hydrogen-bond donors (Lipinski definition) is 1. The summed E-state index contributed by atoms with van der Waals surface area (Å²) < 4.78 is 0. The molecule has 1 fully saturated rings. The number of nitrogens with one attached hydrogen (secondary N) is 1. The van der Waals surface area contributed by atoms with Crippen LogP contribution in [0.15, 0.2) is 42.6 Å². The maximum Gasteiger partial charge on any atom is 0.0448 e. The van der Waals surface area contributed by atoms with Gasteiger partial charge >= 0.3 is 0 Å². The average Bonchev–Trinajstić information content (AvgIpc) is 2.58. The van der Waals surface area contributed by atoms with Gasteiger partial charge in [-0.05, 0) is 57.4 Å². The van der Waals surface area contributed by atoms with Crippen molar-refractivity contribution in [2.45, 2.75) is 52.1 Å². The van der Waals surface area contributed by atoms with Crippen molar-refractivity contribution in [1.82, 2.24) is 10.3 Å². The van der Waals surface area contributed by atoms with Crippen LogP contribution in [0.25, 0.3) is 0 Å². The van der Waals surface area contributed by atoms with E-state index < -0.39 is 0 Å². The van der Waals surface area contributed by atoms with Crippen molar-refractivity contribution in [3.63, 3.8) is 0 Å². The molecule has 2 aromatic rings. The first-order valence-electron chi connectivity index (χ1n) is 9.10. The van der Waals surface area contributed by atoms with E-state index in [9.17, 15) is 0 Å². The molecule has 1 aliphatic rings. The van der Waals surface area contributed by atoms with Crippen LogP contribution in [0.1, 0.15) is 36.6 Å². The van der Waals surface area contributed by atoms with Crippen LogP contribution in [0.4, 0.5) is 5.69 Å². The number of aryl methyl sites for hydroxylation is 2. The highest BCUT2D eigenvalue weighted by Crippen LogP contribution is 2.21. The first kappa shape index (κ1) is 17.0. The molecular weight excluding hydrogens is 294 g/mol. The third-order valence-corrected chi connectivity index (χ3v) is 5.03.